The fraction of sp³-hybridized carbons (Fsp3) is 0.727. The summed E-state index contributed by atoms with van der Waals surface area (Å²) in [5.74, 6) is 0.821. The molecule has 0 aliphatic rings. The zero-order valence-corrected chi connectivity index (χ0v) is 17.9. The molecule has 1 aromatic carbocycles. The first-order valence-corrected chi connectivity index (χ1v) is 9.78. The summed E-state index contributed by atoms with van der Waals surface area (Å²) in [5.41, 5.74) is 6.51. The van der Waals surface area contributed by atoms with Crippen molar-refractivity contribution in [2.24, 2.45) is 16.2 Å². The van der Waals surface area contributed by atoms with E-state index in [1.54, 1.807) is 0 Å². The summed E-state index contributed by atoms with van der Waals surface area (Å²) < 4.78 is 6.02. The van der Waals surface area contributed by atoms with Gasteiger partial charge in [0.25, 0.3) is 0 Å². The van der Waals surface area contributed by atoms with Crippen LogP contribution in [0, 0.1) is 16.2 Å². The van der Waals surface area contributed by atoms with Gasteiger partial charge >= 0.3 is 0 Å². The van der Waals surface area contributed by atoms with Crippen LogP contribution in [0.1, 0.15) is 61.3 Å². The van der Waals surface area contributed by atoms with Gasteiger partial charge in [-0.05, 0) is 48.1 Å². The van der Waals surface area contributed by atoms with Gasteiger partial charge < -0.3 is 20.9 Å². The second-order valence-corrected chi connectivity index (χ2v) is 9.42. The quantitative estimate of drug-likeness (QED) is 0.507. The smallest absolute Gasteiger partial charge is 0.119 e. The van der Waals surface area contributed by atoms with Crippen LogP contribution in [0.2, 0.25) is 0 Å². The number of nitrogens with one attached hydrogen (secondary N) is 1. The molecule has 4 heteroatoms. The standard InChI is InChI=1S/C22H40N2O2/c1-8-20(2,3)13-14-24-19(15-25)22(6,7)21(4,5)16-26-18-11-9-17(23)10-12-18/h9-12,19,24-25H,8,13-16,23H2,1-7H3. The van der Waals surface area contributed by atoms with E-state index >= 15 is 0 Å². The highest BCUT2D eigenvalue weighted by atomic mass is 16.5. The van der Waals surface area contributed by atoms with Gasteiger partial charge in [0.2, 0.25) is 0 Å². The predicted molar refractivity (Wildman–Crippen MR) is 111 cm³/mol. The van der Waals surface area contributed by atoms with Crippen LogP contribution in [0.3, 0.4) is 0 Å². The summed E-state index contributed by atoms with van der Waals surface area (Å²) >= 11 is 0. The zero-order valence-electron chi connectivity index (χ0n) is 17.9. The number of rotatable bonds is 11. The van der Waals surface area contributed by atoms with Crippen molar-refractivity contribution >= 4 is 5.69 Å². The number of aliphatic hydroxyl groups excluding tert-OH is 1. The topological polar surface area (TPSA) is 67.5 Å². The van der Waals surface area contributed by atoms with Gasteiger partial charge in [0.1, 0.15) is 5.75 Å². The maximum atomic E-state index is 10.0. The van der Waals surface area contributed by atoms with E-state index in [2.05, 4.69) is 53.8 Å². The van der Waals surface area contributed by atoms with Gasteiger partial charge in [-0.1, -0.05) is 54.9 Å². The van der Waals surface area contributed by atoms with E-state index in [0.717, 1.165) is 30.8 Å². The number of ether oxygens (including phenoxy) is 1. The van der Waals surface area contributed by atoms with Gasteiger partial charge in [0.15, 0.2) is 0 Å². The molecule has 0 radical (unpaired) electrons. The van der Waals surface area contributed by atoms with Crippen molar-refractivity contribution < 1.29 is 9.84 Å². The molecule has 0 aliphatic heterocycles. The molecule has 0 saturated carbocycles. The predicted octanol–water partition coefficient (Wildman–Crippen LogP) is 4.48. The largest absolute Gasteiger partial charge is 0.493 e. The van der Waals surface area contributed by atoms with Crippen molar-refractivity contribution in [3.8, 4) is 5.75 Å². The third-order valence-corrected chi connectivity index (χ3v) is 6.43. The Kier molecular flexibility index (Phi) is 7.97. The van der Waals surface area contributed by atoms with Crippen molar-refractivity contribution in [2.75, 3.05) is 25.5 Å². The first-order chi connectivity index (χ1) is 11.9. The summed E-state index contributed by atoms with van der Waals surface area (Å²) in [7, 11) is 0. The van der Waals surface area contributed by atoms with Gasteiger partial charge in [-0.15, -0.1) is 0 Å². The lowest BCUT2D eigenvalue weighted by Crippen LogP contribution is -2.54. The molecule has 26 heavy (non-hydrogen) atoms. The summed E-state index contributed by atoms with van der Waals surface area (Å²) in [6, 6.07) is 7.50. The van der Waals surface area contributed by atoms with Gasteiger partial charge in [-0.3, -0.25) is 0 Å². The Labute approximate surface area is 160 Å². The molecule has 150 valence electrons. The lowest BCUT2D eigenvalue weighted by atomic mass is 9.64. The highest BCUT2D eigenvalue weighted by Gasteiger charge is 2.43. The number of nitrogen functional groups attached to an aromatic ring is 1. The van der Waals surface area contributed by atoms with E-state index in [-0.39, 0.29) is 23.5 Å². The van der Waals surface area contributed by atoms with Crippen molar-refractivity contribution in [3.05, 3.63) is 24.3 Å². The van der Waals surface area contributed by atoms with Crippen LogP contribution in [0.15, 0.2) is 24.3 Å². The molecular weight excluding hydrogens is 324 g/mol. The van der Waals surface area contributed by atoms with Gasteiger partial charge in [0, 0.05) is 17.1 Å². The van der Waals surface area contributed by atoms with E-state index in [1.165, 1.54) is 0 Å². The van der Waals surface area contributed by atoms with Crippen LogP contribution in [0.4, 0.5) is 5.69 Å². The molecule has 1 aromatic rings. The number of hydrogen-bond acceptors (Lipinski definition) is 4. The second kappa shape index (κ2) is 9.09. The fourth-order valence-electron chi connectivity index (χ4n) is 2.79. The minimum atomic E-state index is -0.147. The summed E-state index contributed by atoms with van der Waals surface area (Å²) in [4.78, 5) is 0. The third-order valence-electron chi connectivity index (χ3n) is 6.43. The number of benzene rings is 1. The molecule has 1 unspecified atom stereocenters. The maximum absolute atomic E-state index is 10.0. The van der Waals surface area contributed by atoms with Crippen LogP contribution in [-0.2, 0) is 0 Å². The number of aliphatic hydroxyl groups is 1. The third kappa shape index (κ3) is 6.17. The van der Waals surface area contributed by atoms with Crippen LogP contribution in [0.5, 0.6) is 5.75 Å². The van der Waals surface area contributed by atoms with Crippen LogP contribution in [-0.4, -0.2) is 30.9 Å². The lowest BCUT2D eigenvalue weighted by molar-refractivity contribution is -0.00195. The Balaban J connectivity index is 2.71. The molecule has 0 amide bonds. The number of hydrogen-bond donors (Lipinski definition) is 3. The van der Waals surface area contributed by atoms with Crippen molar-refractivity contribution in [2.45, 2.75) is 67.3 Å². The lowest BCUT2D eigenvalue weighted by Gasteiger charge is -2.46. The van der Waals surface area contributed by atoms with Gasteiger partial charge in [-0.2, -0.15) is 0 Å². The van der Waals surface area contributed by atoms with Crippen molar-refractivity contribution in [3.63, 3.8) is 0 Å². The summed E-state index contributed by atoms with van der Waals surface area (Å²) in [6.45, 7) is 17.2. The fourth-order valence-corrected chi connectivity index (χ4v) is 2.79. The molecule has 4 nitrogen and oxygen atoms in total. The van der Waals surface area contributed by atoms with Crippen LogP contribution >= 0.6 is 0 Å². The van der Waals surface area contributed by atoms with Gasteiger partial charge in [-0.25, -0.2) is 0 Å². The molecule has 0 aliphatic carbocycles. The van der Waals surface area contributed by atoms with Crippen molar-refractivity contribution in [1.82, 2.24) is 5.32 Å². The molecule has 0 heterocycles. The Bertz CT molecular complexity index is 536. The Morgan fingerprint density at radius 3 is 2.15 bits per heavy atom. The zero-order chi connectivity index (χ0) is 20.0. The number of nitrogens with two attached hydrogens (primary N) is 1. The highest BCUT2D eigenvalue weighted by molar-refractivity contribution is 5.41. The molecule has 0 spiro atoms. The minimum absolute atomic E-state index is 0.0140. The molecule has 4 N–H and O–H groups in total. The van der Waals surface area contributed by atoms with Gasteiger partial charge in [0.05, 0.1) is 13.2 Å². The van der Waals surface area contributed by atoms with Crippen LogP contribution < -0.4 is 15.8 Å². The molecule has 1 atom stereocenters. The highest BCUT2D eigenvalue weighted by Crippen LogP contribution is 2.42. The first-order valence-electron chi connectivity index (χ1n) is 9.78. The molecular formula is C22H40N2O2. The molecule has 1 rings (SSSR count). The summed E-state index contributed by atoms with van der Waals surface area (Å²) in [6.07, 6.45) is 2.25. The first kappa shape index (κ1) is 22.8. The number of anilines is 1. The van der Waals surface area contributed by atoms with Crippen molar-refractivity contribution in [1.29, 1.82) is 0 Å². The Morgan fingerprint density at radius 1 is 1.08 bits per heavy atom. The summed E-state index contributed by atoms with van der Waals surface area (Å²) in [5, 5.41) is 13.6. The Hall–Kier alpha value is -1.26. The average molecular weight is 365 g/mol. The molecule has 0 aromatic heterocycles. The van der Waals surface area contributed by atoms with Crippen LogP contribution in [0.25, 0.3) is 0 Å². The monoisotopic (exact) mass is 364 g/mol. The molecule has 0 fully saturated rings. The normalized spacial score (nSPS) is 14.3. The van der Waals surface area contributed by atoms with E-state index in [9.17, 15) is 5.11 Å². The van der Waals surface area contributed by atoms with E-state index in [1.807, 2.05) is 24.3 Å². The Morgan fingerprint density at radius 2 is 1.65 bits per heavy atom. The van der Waals surface area contributed by atoms with E-state index in [4.69, 9.17) is 10.5 Å². The average Bonchev–Trinajstić information content (AvgIpc) is 2.58. The minimum Gasteiger partial charge on any atom is -0.493 e. The SMILES string of the molecule is CCC(C)(C)CCNC(CO)C(C)(C)C(C)(C)COc1ccc(N)cc1. The second-order valence-electron chi connectivity index (χ2n) is 9.42. The molecule has 0 bridgehead atoms. The maximum Gasteiger partial charge on any atom is 0.119 e. The van der Waals surface area contributed by atoms with E-state index < -0.39 is 0 Å². The van der Waals surface area contributed by atoms with E-state index in [0.29, 0.717) is 12.0 Å². The molecule has 0 saturated heterocycles.